The van der Waals surface area contributed by atoms with E-state index in [0.717, 1.165) is 42.1 Å². The highest BCUT2D eigenvalue weighted by molar-refractivity contribution is 5.95. The van der Waals surface area contributed by atoms with Gasteiger partial charge in [0.15, 0.2) is 0 Å². The lowest BCUT2D eigenvalue weighted by atomic mass is 9.76. The predicted octanol–water partition coefficient (Wildman–Crippen LogP) is 3.71. The maximum absolute atomic E-state index is 13.2. The van der Waals surface area contributed by atoms with Crippen LogP contribution in [-0.4, -0.2) is 38.7 Å². The van der Waals surface area contributed by atoms with Crippen LogP contribution in [-0.2, 0) is 6.54 Å². The van der Waals surface area contributed by atoms with Gasteiger partial charge >= 0.3 is 0 Å². The molecule has 1 unspecified atom stereocenters. The molecule has 5 nitrogen and oxygen atoms in total. The van der Waals surface area contributed by atoms with Crippen molar-refractivity contribution < 1.29 is 4.79 Å². The van der Waals surface area contributed by atoms with Gasteiger partial charge < -0.3 is 9.47 Å². The topological polar surface area (TPSA) is 51.0 Å². The van der Waals surface area contributed by atoms with Gasteiger partial charge in [-0.1, -0.05) is 30.0 Å². The summed E-state index contributed by atoms with van der Waals surface area (Å²) in [6, 6.07) is 6.14. The first kappa shape index (κ1) is 17.3. The number of carbonyl (C=O) groups is 1. The summed E-state index contributed by atoms with van der Waals surface area (Å²) < 4.78 is 2.15. The van der Waals surface area contributed by atoms with Gasteiger partial charge in [0.25, 0.3) is 5.91 Å². The van der Waals surface area contributed by atoms with Crippen LogP contribution in [0.15, 0.2) is 24.5 Å². The van der Waals surface area contributed by atoms with E-state index in [1.54, 1.807) is 0 Å². The molecule has 2 heterocycles. The Morgan fingerprint density at radius 1 is 1.19 bits per heavy atom. The predicted molar refractivity (Wildman–Crippen MR) is 101 cm³/mol. The van der Waals surface area contributed by atoms with Gasteiger partial charge in [0, 0.05) is 31.1 Å². The molecule has 1 saturated carbocycles. The van der Waals surface area contributed by atoms with Crippen LogP contribution in [0.1, 0.15) is 65.8 Å². The highest BCUT2D eigenvalue weighted by Gasteiger charge is 2.51. The normalized spacial score (nSPS) is 21.7. The van der Waals surface area contributed by atoms with Crippen molar-refractivity contribution in [2.24, 2.45) is 5.41 Å². The summed E-state index contributed by atoms with van der Waals surface area (Å²) in [6.07, 6.45) is 6.70. The van der Waals surface area contributed by atoms with Crippen molar-refractivity contribution in [1.82, 2.24) is 19.7 Å². The number of likely N-dealkylation sites (tertiary alicyclic amines) is 1. The molecule has 1 aliphatic heterocycles. The monoisotopic (exact) mass is 352 g/mol. The van der Waals surface area contributed by atoms with Crippen LogP contribution in [0.2, 0.25) is 0 Å². The largest absolute Gasteiger partial charge is 0.337 e. The van der Waals surface area contributed by atoms with Crippen LogP contribution in [0.25, 0.3) is 0 Å². The van der Waals surface area contributed by atoms with Crippen molar-refractivity contribution in [3.05, 3.63) is 47.0 Å². The number of hydrogen-bond acceptors (Lipinski definition) is 3. The van der Waals surface area contributed by atoms with Crippen LogP contribution in [0.5, 0.6) is 0 Å². The van der Waals surface area contributed by atoms with E-state index in [2.05, 4.69) is 46.5 Å². The molecular weight excluding hydrogens is 324 g/mol. The molecule has 0 bridgehead atoms. The van der Waals surface area contributed by atoms with Crippen molar-refractivity contribution in [3.63, 3.8) is 0 Å². The van der Waals surface area contributed by atoms with Gasteiger partial charge in [-0.2, -0.15) is 0 Å². The highest BCUT2D eigenvalue weighted by Crippen LogP contribution is 2.53. The minimum Gasteiger partial charge on any atom is -0.337 e. The zero-order valence-electron chi connectivity index (χ0n) is 16.0. The van der Waals surface area contributed by atoms with E-state index in [1.165, 1.54) is 25.7 Å². The van der Waals surface area contributed by atoms with Crippen molar-refractivity contribution >= 4 is 5.91 Å². The van der Waals surface area contributed by atoms with Gasteiger partial charge in [-0.15, -0.1) is 10.2 Å². The fourth-order valence-corrected chi connectivity index (χ4v) is 5.12. The highest BCUT2D eigenvalue weighted by atomic mass is 16.2. The first-order chi connectivity index (χ1) is 12.5. The van der Waals surface area contributed by atoms with E-state index in [4.69, 9.17) is 0 Å². The Labute approximate surface area is 155 Å². The number of amides is 1. The Morgan fingerprint density at radius 2 is 1.88 bits per heavy atom. The van der Waals surface area contributed by atoms with E-state index in [-0.39, 0.29) is 11.3 Å². The van der Waals surface area contributed by atoms with E-state index in [1.807, 2.05) is 18.5 Å². The molecule has 1 atom stereocenters. The molecule has 2 fully saturated rings. The van der Waals surface area contributed by atoms with Crippen LogP contribution in [0, 0.1) is 19.3 Å². The SMILES string of the molecule is CCn1cnnc1C1CN(C(=O)c2cc(C)cc(C)c2)CC12CCCC2. The molecular formula is C21H28N4O. The van der Waals surface area contributed by atoms with Gasteiger partial charge in [-0.3, -0.25) is 4.79 Å². The number of aromatic nitrogens is 3. The number of hydrogen-bond donors (Lipinski definition) is 0. The fourth-order valence-electron chi connectivity index (χ4n) is 5.12. The van der Waals surface area contributed by atoms with E-state index in [9.17, 15) is 4.79 Å². The van der Waals surface area contributed by atoms with Gasteiger partial charge in [0.1, 0.15) is 12.2 Å². The molecule has 138 valence electrons. The summed E-state index contributed by atoms with van der Waals surface area (Å²) in [4.78, 5) is 15.3. The summed E-state index contributed by atoms with van der Waals surface area (Å²) >= 11 is 0. The average Bonchev–Trinajstić information content (AvgIpc) is 3.33. The second kappa shape index (κ2) is 6.53. The summed E-state index contributed by atoms with van der Waals surface area (Å²) in [5.74, 6) is 1.51. The Balaban J connectivity index is 1.66. The standard InChI is InChI=1S/C21H28N4O/c1-4-24-14-22-23-19(24)18-12-25(13-21(18)7-5-6-8-21)20(26)17-10-15(2)9-16(3)11-17/h9-11,14,18H,4-8,12-13H2,1-3H3. The van der Waals surface area contributed by atoms with Crippen LogP contribution in [0.4, 0.5) is 0 Å². The number of aryl methyl sites for hydroxylation is 3. The van der Waals surface area contributed by atoms with Crippen molar-refractivity contribution in [1.29, 1.82) is 0 Å². The molecule has 26 heavy (non-hydrogen) atoms. The maximum Gasteiger partial charge on any atom is 0.253 e. The summed E-state index contributed by atoms with van der Waals surface area (Å²) in [5.41, 5.74) is 3.28. The molecule has 2 aliphatic rings. The second-order valence-corrected chi connectivity index (χ2v) is 8.16. The summed E-state index contributed by atoms with van der Waals surface area (Å²) in [5, 5.41) is 8.61. The zero-order valence-corrected chi connectivity index (χ0v) is 16.0. The Bertz CT molecular complexity index is 799. The Hall–Kier alpha value is -2.17. The Morgan fingerprint density at radius 3 is 2.54 bits per heavy atom. The summed E-state index contributed by atoms with van der Waals surface area (Å²) in [6.45, 7) is 8.71. The molecule has 1 spiro atoms. The minimum atomic E-state index is 0.160. The lowest BCUT2D eigenvalue weighted by molar-refractivity contribution is 0.0773. The molecule has 1 aromatic heterocycles. The number of nitrogens with zero attached hydrogens (tertiary/aromatic N) is 4. The number of carbonyl (C=O) groups excluding carboxylic acids is 1. The molecule has 5 heteroatoms. The first-order valence-electron chi connectivity index (χ1n) is 9.78. The summed E-state index contributed by atoms with van der Waals surface area (Å²) in [7, 11) is 0. The Kier molecular flexibility index (Phi) is 4.33. The van der Waals surface area contributed by atoms with Crippen LogP contribution >= 0.6 is 0 Å². The second-order valence-electron chi connectivity index (χ2n) is 8.16. The average molecular weight is 352 g/mol. The van der Waals surface area contributed by atoms with Crippen molar-refractivity contribution in [2.75, 3.05) is 13.1 Å². The maximum atomic E-state index is 13.2. The molecule has 2 aromatic rings. The lowest BCUT2D eigenvalue weighted by Crippen LogP contribution is -2.31. The molecule has 1 amide bonds. The van der Waals surface area contributed by atoms with Gasteiger partial charge in [-0.25, -0.2) is 0 Å². The van der Waals surface area contributed by atoms with Crippen LogP contribution in [0.3, 0.4) is 0 Å². The molecule has 1 aromatic carbocycles. The van der Waals surface area contributed by atoms with E-state index in [0.29, 0.717) is 5.92 Å². The number of benzene rings is 1. The molecule has 1 saturated heterocycles. The smallest absolute Gasteiger partial charge is 0.253 e. The number of rotatable bonds is 3. The third kappa shape index (κ3) is 2.83. The van der Waals surface area contributed by atoms with Crippen LogP contribution < -0.4 is 0 Å². The third-order valence-corrected chi connectivity index (χ3v) is 6.30. The molecule has 4 rings (SSSR count). The van der Waals surface area contributed by atoms with E-state index >= 15 is 0 Å². The molecule has 0 radical (unpaired) electrons. The molecule has 0 N–H and O–H groups in total. The zero-order chi connectivity index (χ0) is 18.3. The van der Waals surface area contributed by atoms with Gasteiger partial charge in [0.05, 0.1) is 0 Å². The lowest BCUT2D eigenvalue weighted by Gasteiger charge is -2.29. The fraction of sp³-hybridized carbons (Fsp3) is 0.571. The van der Waals surface area contributed by atoms with Gasteiger partial charge in [0.2, 0.25) is 0 Å². The molecule has 1 aliphatic carbocycles. The third-order valence-electron chi connectivity index (χ3n) is 6.30. The van der Waals surface area contributed by atoms with Gasteiger partial charge in [-0.05, 0) is 51.2 Å². The first-order valence-corrected chi connectivity index (χ1v) is 9.78. The van der Waals surface area contributed by atoms with E-state index < -0.39 is 0 Å². The quantitative estimate of drug-likeness (QED) is 0.846. The van der Waals surface area contributed by atoms with Crippen molar-refractivity contribution in [2.45, 2.75) is 58.9 Å². The minimum absolute atomic E-state index is 0.160. The van der Waals surface area contributed by atoms with Crippen molar-refractivity contribution in [3.8, 4) is 0 Å².